The molecule has 1 aliphatic rings. The fraction of sp³-hybridized carbons (Fsp3) is 0.333. The van der Waals surface area contributed by atoms with Gasteiger partial charge in [0.05, 0.1) is 42.7 Å². The molecule has 0 aliphatic carbocycles. The number of hydrogen-bond acceptors (Lipinski definition) is 4. The minimum absolute atomic E-state index is 0.0250. The Kier molecular flexibility index (Phi) is 6.32. The third kappa shape index (κ3) is 4.46. The molecule has 2 atom stereocenters. The molecule has 26 heavy (non-hydrogen) atoms. The van der Waals surface area contributed by atoms with Crippen LogP contribution in [0.1, 0.15) is 29.7 Å². The van der Waals surface area contributed by atoms with Crippen molar-refractivity contribution in [1.82, 2.24) is 4.90 Å². The van der Waals surface area contributed by atoms with Crippen molar-refractivity contribution in [2.75, 3.05) is 19.0 Å². The molecule has 0 unspecified atom stereocenters. The van der Waals surface area contributed by atoms with Crippen molar-refractivity contribution in [2.45, 2.75) is 24.8 Å². The second kappa shape index (κ2) is 8.88. The highest BCUT2D eigenvalue weighted by Gasteiger charge is 2.33. The first-order valence-electron chi connectivity index (χ1n) is 8.69. The summed E-state index contributed by atoms with van der Waals surface area (Å²) in [7, 11) is 0. The number of amides is 1. The zero-order valence-corrected chi connectivity index (χ0v) is 15.6. The summed E-state index contributed by atoms with van der Waals surface area (Å²) in [6, 6.07) is 19.8. The van der Waals surface area contributed by atoms with Crippen LogP contribution in [0.15, 0.2) is 54.6 Å². The summed E-state index contributed by atoms with van der Waals surface area (Å²) in [4.78, 5) is 14.9. The Morgan fingerprint density at radius 3 is 2.62 bits per heavy atom. The van der Waals surface area contributed by atoms with Gasteiger partial charge in [-0.2, -0.15) is 5.26 Å². The van der Waals surface area contributed by atoms with E-state index in [9.17, 15) is 4.79 Å². The molecule has 4 nitrogen and oxygen atoms in total. The SMILES string of the molecule is C[C@H]1COC[C@@H](c2ccccc2)N1C(=O)CSCc1ccc(C#N)cc1. The maximum absolute atomic E-state index is 12.9. The number of thioether (sulfide) groups is 1. The number of nitriles is 1. The molecule has 3 rings (SSSR count). The molecule has 0 radical (unpaired) electrons. The van der Waals surface area contributed by atoms with Gasteiger partial charge in [0.1, 0.15) is 0 Å². The summed E-state index contributed by atoms with van der Waals surface area (Å²) >= 11 is 1.61. The van der Waals surface area contributed by atoms with Crippen molar-refractivity contribution in [1.29, 1.82) is 5.26 Å². The van der Waals surface area contributed by atoms with Crippen LogP contribution >= 0.6 is 11.8 Å². The van der Waals surface area contributed by atoms with Gasteiger partial charge in [-0.3, -0.25) is 4.79 Å². The fourth-order valence-electron chi connectivity index (χ4n) is 3.18. The topological polar surface area (TPSA) is 53.3 Å². The number of ether oxygens (including phenoxy) is 1. The van der Waals surface area contributed by atoms with E-state index in [4.69, 9.17) is 10.00 Å². The molecule has 1 saturated heterocycles. The highest BCUT2D eigenvalue weighted by Crippen LogP contribution is 2.28. The van der Waals surface area contributed by atoms with E-state index in [0.29, 0.717) is 24.5 Å². The smallest absolute Gasteiger partial charge is 0.233 e. The Morgan fingerprint density at radius 2 is 1.92 bits per heavy atom. The van der Waals surface area contributed by atoms with Gasteiger partial charge in [0.2, 0.25) is 5.91 Å². The van der Waals surface area contributed by atoms with Crippen molar-refractivity contribution in [2.24, 2.45) is 0 Å². The lowest BCUT2D eigenvalue weighted by Gasteiger charge is -2.40. The van der Waals surface area contributed by atoms with Crippen molar-refractivity contribution in [3.8, 4) is 6.07 Å². The molecule has 0 N–H and O–H groups in total. The third-order valence-corrected chi connectivity index (χ3v) is 5.48. The quantitative estimate of drug-likeness (QED) is 0.808. The molecule has 2 aromatic carbocycles. The molecule has 1 fully saturated rings. The molecular formula is C21H22N2O2S. The van der Waals surface area contributed by atoms with Crippen LogP contribution in [0, 0.1) is 11.3 Å². The van der Waals surface area contributed by atoms with Crippen LogP contribution in [0.5, 0.6) is 0 Å². The van der Waals surface area contributed by atoms with Crippen molar-refractivity contribution in [3.63, 3.8) is 0 Å². The van der Waals surface area contributed by atoms with E-state index in [1.54, 1.807) is 11.8 Å². The Hall–Kier alpha value is -2.29. The summed E-state index contributed by atoms with van der Waals surface area (Å²) < 4.78 is 5.70. The summed E-state index contributed by atoms with van der Waals surface area (Å²) in [6.07, 6.45) is 0. The number of hydrogen-bond donors (Lipinski definition) is 0. The fourth-order valence-corrected chi connectivity index (χ4v) is 4.03. The monoisotopic (exact) mass is 366 g/mol. The zero-order chi connectivity index (χ0) is 18.4. The van der Waals surface area contributed by atoms with Gasteiger partial charge in [-0.15, -0.1) is 11.8 Å². The molecule has 0 spiro atoms. The maximum Gasteiger partial charge on any atom is 0.233 e. The Bertz CT molecular complexity index is 771. The van der Waals surface area contributed by atoms with E-state index < -0.39 is 0 Å². The largest absolute Gasteiger partial charge is 0.377 e. The molecule has 0 bridgehead atoms. The first-order chi connectivity index (χ1) is 12.7. The summed E-state index contributed by atoms with van der Waals surface area (Å²) in [5, 5.41) is 8.85. The Morgan fingerprint density at radius 1 is 1.19 bits per heavy atom. The predicted molar refractivity (Wildman–Crippen MR) is 104 cm³/mol. The third-order valence-electron chi connectivity index (χ3n) is 4.50. The molecule has 1 heterocycles. The number of carbonyl (C=O) groups is 1. The van der Waals surface area contributed by atoms with Crippen LogP contribution in [0.25, 0.3) is 0 Å². The average molecular weight is 366 g/mol. The summed E-state index contributed by atoms with van der Waals surface area (Å²) in [5.74, 6) is 1.34. The van der Waals surface area contributed by atoms with E-state index in [1.807, 2.05) is 54.3 Å². The molecule has 5 heteroatoms. The second-order valence-electron chi connectivity index (χ2n) is 6.42. The number of rotatable bonds is 5. The minimum Gasteiger partial charge on any atom is -0.377 e. The van der Waals surface area contributed by atoms with Crippen molar-refractivity contribution >= 4 is 17.7 Å². The number of nitrogens with zero attached hydrogens (tertiary/aromatic N) is 2. The van der Waals surface area contributed by atoms with Crippen LogP contribution in [-0.2, 0) is 15.3 Å². The van der Waals surface area contributed by atoms with E-state index in [1.165, 1.54) is 0 Å². The minimum atomic E-state index is -0.0250. The molecular weight excluding hydrogens is 344 g/mol. The number of carbonyl (C=O) groups excluding carboxylic acids is 1. The highest BCUT2D eigenvalue weighted by molar-refractivity contribution is 7.99. The molecule has 1 amide bonds. The molecule has 0 aromatic heterocycles. The lowest BCUT2D eigenvalue weighted by atomic mass is 10.0. The van der Waals surface area contributed by atoms with Crippen LogP contribution in [0.3, 0.4) is 0 Å². The lowest BCUT2D eigenvalue weighted by molar-refractivity contribution is -0.142. The van der Waals surface area contributed by atoms with Crippen molar-refractivity contribution < 1.29 is 9.53 Å². The van der Waals surface area contributed by atoms with E-state index in [2.05, 4.69) is 18.2 Å². The van der Waals surface area contributed by atoms with E-state index in [0.717, 1.165) is 16.9 Å². The molecule has 0 saturated carbocycles. The standard InChI is InChI=1S/C21H22N2O2S/c1-16-12-25-13-20(19-5-3-2-4-6-19)23(16)21(24)15-26-14-18-9-7-17(11-22)8-10-18/h2-10,16,20H,12-15H2,1H3/t16-,20-/m0/s1. The maximum atomic E-state index is 12.9. The summed E-state index contributed by atoms with van der Waals surface area (Å²) in [6.45, 7) is 3.16. The molecule has 2 aromatic rings. The normalized spacial score (nSPS) is 19.8. The van der Waals surface area contributed by atoms with Gasteiger partial charge in [-0.25, -0.2) is 0 Å². The predicted octanol–water partition coefficient (Wildman–Crippen LogP) is 3.78. The Balaban J connectivity index is 1.61. The first kappa shape index (κ1) is 18.5. The first-order valence-corrected chi connectivity index (χ1v) is 9.85. The van der Waals surface area contributed by atoms with Gasteiger partial charge >= 0.3 is 0 Å². The zero-order valence-electron chi connectivity index (χ0n) is 14.8. The number of morpholine rings is 1. The van der Waals surface area contributed by atoms with E-state index in [-0.39, 0.29) is 18.0 Å². The van der Waals surface area contributed by atoms with Gasteiger partial charge in [-0.05, 0) is 30.2 Å². The van der Waals surface area contributed by atoms with Crippen LogP contribution < -0.4 is 0 Å². The Labute approximate surface area is 158 Å². The van der Waals surface area contributed by atoms with Gasteiger partial charge in [0.15, 0.2) is 0 Å². The van der Waals surface area contributed by atoms with Gasteiger partial charge in [0, 0.05) is 5.75 Å². The van der Waals surface area contributed by atoms with Crippen LogP contribution in [-0.4, -0.2) is 35.8 Å². The lowest BCUT2D eigenvalue weighted by Crippen LogP contribution is -2.49. The number of benzene rings is 2. The van der Waals surface area contributed by atoms with Crippen LogP contribution in [0.4, 0.5) is 0 Å². The average Bonchev–Trinajstić information content (AvgIpc) is 2.69. The van der Waals surface area contributed by atoms with Gasteiger partial charge in [0.25, 0.3) is 0 Å². The van der Waals surface area contributed by atoms with Gasteiger partial charge < -0.3 is 9.64 Å². The highest BCUT2D eigenvalue weighted by atomic mass is 32.2. The summed E-state index contributed by atoms with van der Waals surface area (Å²) in [5.41, 5.74) is 2.89. The van der Waals surface area contributed by atoms with Gasteiger partial charge in [-0.1, -0.05) is 42.5 Å². The van der Waals surface area contributed by atoms with Crippen LogP contribution in [0.2, 0.25) is 0 Å². The van der Waals surface area contributed by atoms with E-state index >= 15 is 0 Å². The van der Waals surface area contributed by atoms with Crippen molar-refractivity contribution in [3.05, 3.63) is 71.3 Å². The molecule has 1 aliphatic heterocycles. The second-order valence-corrected chi connectivity index (χ2v) is 7.40. The molecule has 134 valence electrons.